The van der Waals surface area contributed by atoms with E-state index in [4.69, 9.17) is 14.0 Å². The van der Waals surface area contributed by atoms with Crippen LogP contribution in [0.2, 0.25) is 0 Å². The lowest BCUT2D eigenvalue weighted by molar-refractivity contribution is 0.306. The molecule has 0 aromatic heterocycles. The summed E-state index contributed by atoms with van der Waals surface area (Å²) in [5.74, 6) is 1.19. The van der Waals surface area contributed by atoms with Crippen molar-refractivity contribution in [2.45, 2.75) is 6.61 Å². The van der Waals surface area contributed by atoms with Crippen LogP contribution in [0.5, 0.6) is 23.0 Å². The molecular weight excluding hydrogens is 444 g/mol. The quantitative estimate of drug-likeness (QED) is 0.527. The first-order chi connectivity index (χ1) is 14.5. The van der Waals surface area contributed by atoms with Gasteiger partial charge in [0.1, 0.15) is 29.6 Å². The summed E-state index contributed by atoms with van der Waals surface area (Å²) >= 11 is 0. The fourth-order valence-electron chi connectivity index (χ4n) is 2.18. The minimum absolute atomic E-state index is 0.0656. The van der Waals surface area contributed by atoms with Crippen molar-refractivity contribution in [3.8, 4) is 23.0 Å². The van der Waals surface area contributed by atoms with E-state index in [0.717, 1.165) is 18.1 Å². The van der Waals surface area contributed by atoms with E-state index in [2.05, 4.69) is 4.18 Å². The molecule has 0 heterocycles. The van der Waals surface area contributed by atoms with Crippen LogP contribution in [0.4, 0.5) is 0 Å². The first-order valence-electron chi connectivity index (χ1n) is 8.85. The zero-order valence-electron chi connectivity index (χ0n) is 16.8. The van der Waals surface area contributed by atoms with Gasteiger partial charge >= 0.3 is 20.2 Å². The van der Waals surface area contributed by atoms with Gasteiger partial charge in [-0.3, -0.25) is 0 Å². The van der Waals surface area contributed by atoms with Crippen LogP contribution in [0.25, 0.3) is 0 Å². The molecule has 31 heavy (non-hydrogen) atoms. The molecule has 3 rings (SSSR count). The van der Waals surface area contributed by atoms with Gasteiger partial charge in [0.15, 0.2) is 0 Å². The van der Waals surface area contributed by atoms with Crippen molar-refractivity contribution in [2.75, 3.05) is 12.5 Å². The Labute approximate surface area is 181 Å². The van der Waals surface area contributed by atoms with E-state index in [0.29, 0.717) is 12.4 Å². The SMILES string of the molecule is CS(=O)(=O)Oc1ccc(O)cc1.CS(=O)(=O)Oc1ccc(OCc2ccccc2)cc1. The number of hydrogen-bond acceptors (Lipinski definition) is 8. The number of ether oxygens (including phenoxy) is 1. The van der Waals surface area contributed by atoms with E-state index >= 15 is 0 Å². The average Bonchev–Trinajstić information content (AvgIpc) is 2.68. The lowest BCUT2D eigenvalue weighted by Crippen LogP contribution is -2.05. The Kier molecular flexibility index (Phi) is 8.29. The van der Waals surface area contributed by atoms with Crippen LogP contribution >= 0.6 is 0 Å². The molecule has 0 amide bonds. The highest BCUT2D eigenvalue weighted by Crippen LogP contribution is 2.20. The van der Waals surface area contributed by atoms with Crippen LogP contribution in [0.3, 0.4) is 0 Å². The predicted octanol–water partition coefficient (Wildman–Crippen LogP) is 3.33. The third-order valence-electron chi connectivity index (χ3n) is 3.40. The maximum absolute atomic E-state index is 10.9. The van der Waals surface area contributed by atoms with Gasteiger partial charge in [-0.1, -0.05) is 30.3 Å². The number of rotatable bonds is 7. The molecule has 0 aliphatic heterocycles. The molecule has 1 N–H and O–H groups in total. The monoisotopic (exact) mass is 466 g/mol. The van der Waals surface area contributed by atoms with Crippen LogP contribution in [0.1, 0.15) is 5.56 Å². The Morgan fingerprint density at radius 2 is 1.06 bits per heavy atom. The largest absolute Gasteiger partial charge is 0.508 e. The highest BCUT2D eigenvalue weighted by atomic mass is 32.2. The summed E-state index contributed by atoms with van der Waals surface area (Å²) in [7, 11) is -6.96. The van der Waals surface area contributed by atoms with E-state index in [1.165, 1.54) is 24.3 Å². The second-order valence-corrected chi connectivity index (χ2v) is 9.46. The predicted molar refractivity (Wildman–Crippen MR) is 116 cm³/mol. The number of hydrogen-bond donors (Lipinski definition) is 1. The molecule has 0 radical (unpaired) electrons. The normalized spacial score (nSPS) is 11.0. The summed E-state index contributed by atoms with van der Waals surface area (Å²) in [6, 6.07) is 21.7. The molecule has 0 bridgehead atoms. The molecule has 8 nitrogen and oxygen atoms in total. The molecular formula is C21H22O8S2. The Balaban J connectivity index is 0.000000245. The third kappa shape index (κ3) is 10.4. The zero-order chi connectivity index (χ0) is 22.9. The van der Waals surface area contributed by atoms with Gasteiger partial charge < -0.3 is 18.2 Å². The van der Waals surface area contributed by atoms with Crippen molar-refractivity contribution in [2.24, 2.45) is 0 Å². The second-order valence-electron chi connectivity index (χ2n) is 6.31. The molecule has 0 saturated carbocycles. The van der Waals surface area contributed by atoms with Gasteiger partial charge in [0.2, 0.25) is 0 Å². The average molecular weight is 467 g/mol. The zero-order valence-corrected chi connectivity index (χ0v) is 18.5. The van der Waals surface area contributed by atoms with Gasteiger partial charge in [-0.05, 0) is 54.1 Å². The molecule has 0 spiro atoms. The molecule has 0 unspecified atom stereocenters. The summed E-state index contributed by atoms with van der Waals surface area (Å²) in [4.78, 5) is 0. The van der Waals surface area contributed by atoms with Gasteiger partial charge in [0, 0.05) is 0 Å². The van der Waals surface area contributed by atoms with Crippen molar-refractivity contribution in [1.29, 1.82) is 0 Å². The number of phenolic OH excluding ortho intramolecular Hbond substituents is 1. The van der Waals surface area contributed by atoms with Crippen molar-refractivity contribution in [3.05, 3.63) is 84.4 Å². The van der Waals surface area contributed by atoms with Crippen molar-refractivity contribution in [3.63, 3.8) is 0 Å². The maximum atomic E-state index is 10.9. The Morgan fingerprint density at radius 3 is 1.52 bits per heavy atom. The number of benzene rings is 3. The van der Waals surface area contributed by atoms with Crippen LogP contribution in [0.15, 0.2) is 78.9 Å². The van der Waals surface area contributed by atoms with Crippen LogP contribution in [-0.4, -0.2) is 34.5 Å². The van der Waals surface area contributed by atoms with Gasteiger partial charge in [0.05, 0.1) is 12.5 Å². The van der Waals surface area contributed by atoms with E-state index in [-0.39, 0.29) is 17.2 Å². The maximum Gasteiger partial charge on any atom is 0.306 e. The topological polar surface area (TPSA) is 116 Å². The summed E-state index contributed by atoms with van der Waals surface area (Å²) in [6.07, 6.45) is 1.96. The molecule has 3 aromatic carbocycles. The second kappa shape index (κ2) is 10.7. The Bertz CT molecular complexity index is 1160. The van der Waals surface area contributed by atoms with Gasteiger partial charge in [0.25, 0.3) is 0 Å². The van der Waals surface area contributed by atoms with E-state index < -0.39 is 20.2 Å². The highest BCUT2D eigenvalue weighted by Gasteiger charge is 2.04. The van der Waals surface area contributed by atoms with Gasteiger partial charge in [-0.15, -0.1) is 0 Å². The van der Waals surface area contributed by atoms with Crippen LogP contribution in [-0.2, 0) is 26.8 Å². The molecule has 0 aliphatic carbocycles. The molecule has 166 valence electrons. The van der Waals surface area contributed by atoms with Gasteiger partial charge in [-0.2, -0.15) is 16.8 Å². The molecule has 0 atom stereocenters. The summed E-state index contributed by atoms with van der Waals surface area (Å²) in [5.41, 5.74) is 1.07. The fourth-order valence-corrected chi connectivity index (χ4v) is 3.10. The summed E-state index contributed by atoms with van der Waals surface area (Å²) in [6.45, 7) is 0.465. The smallest absolute Gasteiger partial charge is 0.306 e. The highest BCUT2D eigenvalue weighted by molar-refractivity contribution is 7.86. The number of phenols is 1. The summed E-state index contributed by atoms with van der Waals surface area (Å²) in [5, 5.41) is 8.85. The Hall–Kier alpha value is -3.24. The summed E-state index contributed by atoms with van der Waals surface area (Å²) < 4.78 is 57.9. The van der Waals surface area contributed by atoms with Crippen LogP contribution in [0, 0.1) is 0 Å². The van der Waals surface area contributed by atoms with Crippen molar-refractivity contribution < 1.29 is 35.0 Å². The van der Waals surface area contributed by atoms with Crippen LogP contribution < -0.4 is 13.1 Å². The van der Waals surface area contributed by atoms with E-state index in [1.54, 1.807) is 24.3 Å². The third-order valence-corrected chi connectivity index (χ3v) is 4.39. The van der Waals surface area contributed by atoms with Crippen molar-refractivity contribution >= 4 is 20.2 Å². The van der Waals surface area contributed by atoms with Gasteiger partial charge in [-0.25, -0.2) is 0 Å². The van der Waals surface area contributed by atoms with Crippen molar-refractivity contribution in [1.82, 2.24) is 0 Å². The molecule has 0 saturated heterocycles. The van der Waals surface area contributed by atoms with E-state index in [1.807, 2.05) is 30.3 Å². The molecule has 0 fully saturated rings. The lowest BCUT2D eigenvalue weighted by atomic mass is 10.2. The number of aromatic hydroxyl groups is 1. The first-order valence-corrected chi connectivity index (χ1v) is 12.5. The molecule has 0 aliphatic rings. The van der Waals surface area contributed by atoms with E-state index in [9.17, 15) is 16.8 Å². The Morgan fingerprint density at radius 1 is 0.645 bits per heavy atom. The fraction of sp³-hybridized carbons (Fsp3) is 0.143. The molecule has 3 aromatic rings. The first kappa shape index (κ1) is 24.0. The lowest BCUT2D eigenvalue weighted by Gasteiger charge is -2.07. The molecule has 10 heteroatoms. The minimum Gasteiger partial charge on any atom is -0.508 e. The minimum atomic E-state index is -3.49. The standard InChI is InChI=1S/C14H14O4S.C7H8O4S/c1-19(15,16)18-14-9-7-13(8-10-14)17-11-12-5-3-2-4-6-12;1-12(9,10)11-7-4-2-6(8)3-5-7/h2-10H,11H2,1H3;2-5,8H,1H3.